The Balaban J connectivity index is 1.66. The maximum Gasteiger partial charge on any atom is 0.265 e. The number of aromatic nitrogens is 2. The number of thiazole rings is 1. The van der Waals surface area contributed by atoms with Crippen molar-refractivity contribution in [3.63, 3.8) is 0 Å². The highest BCUT2D eigenvalue weighted by atomic mass is 79.9. The molecule has 1 amide bonds. The molecule has 0 unspecified atom stereocenters. The largest absolute Gasteiger partial charge is 0.477 e. The van der Waals surface area contributed by atoms with Crippen molar-refractivity contribution in [2.45, 2.75) is 25.9 Å². The molecule has 0 N–H and O–H groups in total. The summed E-state index contributed by atoms with van der Waals surface area (Å²) in [5.41, 5.74) is 2.27. The zero-order valence-corrected chi connectivity index (χ0v) is 19.0. The first-order chi connectivity index (χ1) is 14.7. The molecule has 156 valence electrons. The highest BCUT2D eigenvalue weighted by Gasteiger charge is 2.29. The molecule has 4 rings (SSSR count). The van der Waals surface area contributed by atoms with Gasteiger partial charge in [-0.2, -0.15) is 0 Å². The zero-order chi connectivity index (χ0) is 20.9. The van der Waals surface area contributed by atoms with Crippen LogP contribution in [0.15, 0.2) is 52.4 Å². The van der Waals surface area contributed by atoms with E-state index in [1.165, 1.54) is 11.3 Å². The van der Waals surface area contributed by atoms with Gasteiger partial charge in [0.15, 0.2) is 5.13 Å². The van der Waals surface area contributed by atoms with E-state index in [4.69, 9.17) is 14.5 Å². The molecule has 1 aromatic carbocycles. The van der Waals surface area contributed by atoms with Crippen molar-refractivity contribution in [2.75, 3.05) is 24.7 Å². The Hall–Kier alpha value is -2.29. The van der Waals surface area contributed by atoms with Crippen LogP contribution in [-0.4, -0.2) is 41.7 Å². The van der Waals surface area contributed by atoms with Gasteiger partial charge < -0.3 is 9.47 Å². The molecule has 8 heteroatoms. The summed E-state index contributed by atoms with van der Waals surface area (Å²) in [6, 6.07) is 11.5. The smallest absolute Gasteiger partial charge is 0.265 e. The van der Waals surface area contributed by atoms with Crippen molar-refractivity contribution in [3.05, 3.63) is 58.0 Å². The number of ether oxygens (including phenoxy) is 2. The van der Waals surface area contributed by atoms with Crippen molar-refractivity contribution in [3.8, 4) is 17.1 Å². The first-order valence-corrected chi connectivity index (χ1v) is 11.6. The molecule has 3 heterocycles. The monoisotopic (exact) mass is 487 g/mol. The first kappa shape index (κ1) is 21.0. The summed E-state index contributed by atoms with van der Waals surface area (Å²) in [6.45, 7) is 3.49. The number of anilines is 1. The number of benzene rings is 1. The van der Waals surface area contributed by atoms with E-state index in [2.05, 4.69) is 20.9 Å². The van der Waals surface area contributed by atoms with Gasteiger partial charge in [0.2, 0.25) is 5.88 Å². The SMILES string of the molecule is CCOc1ncccc1C(=O)N(C[C@@H]1CCCO1)c1nc(-c2ccc(Br)cc2)cs1. The number of hydrogen-bond donors (Lipinski definition) is 0. The molecule has 0 saturated carbocycles. The van der Waals surface area contributed by atoms with Crippen LogP contribution >= 0.6 is 27.3 Å². The summed E-state index contributed by atoms with van der Waals surface area (Å²) < 4.78 is 12.4. The molecule has 30 heavy (non-hydrogen) atoms. The Morgan fingerprint density at radius 2 is 2.17 bits per heavy atom. The predicted octanol–water partition coefficient (Wildman–Crippen LogP) is 5.19. The Bertz CT molecular complexity index is 1000. The second kappa shape index (κ2) is 9.68. The molecular formula is C22H22BrN3O3S. The summed E-state index contributed by atoms with van der Waals surface area (Å²) in [5.74, 6) is 0.158. The number of carbonyl (C=O) groups excluding carboxylic acids is 1. The van der Waals surface area contributed by atoms with Gasteiger partial charge >= 0.3 is 0 Å². The van der Waals surface area contributed by atoms with Crippen molar-refractivity contribution < 1.29 is 14.3 Å². The van der Waals surface area contributed by atoms with Gasteiger partial charge in [0.05, 0.1) is 24.9 Å². The average Bonchev–Trinajstić information content (AvgIpc) is 3.45. The Morgan fingerprint density at radius 1 is 1.33 bits per heavy atom. The lowest BCUT2D eigenvalue weighted by molar-refractivity contribution is 0.0913. The maximum atomic E-state index is 13.5. The van der Waals surface area contributed by atoms with E-state index < -0.39 is 0 Å². The average molecular weight is 488 g/mol. The van der Waals surface area contributed by atoms with E-state index in [1.807, 2.05) is 36.6 Å². The van der Waals surface area contributed by atoms with Gasteiger partial charge in [-0.15, -0.1) is 11.3 Å². The fourth-order valence-electron chi connectivity index (χ4n) is 3.33. The molecule has 1 atom stereocenters. The third-order valence-corrected chi connectivity index (χ3v) is 6.19. The minimum atomic E-state index is -0.182. The van der Waals surface area contributed by atoms with Crippen molar-refractivity contribution >= 4 is 38.3 Å². The van der Waals surface area contributed by atoms with Gasteiger partial charge in [-0.3, -0.25) is 9.69 Å². The van der Waals surface area contributed by atoms with Crippen molar-refractivity contribution in [2.24, 2.45) is 0 Å². The molecule has 3 aromatic rings. The van der Waals surface area contributed by atoms with Crippen LogP contribution in [0.1, 0.15) is 30.1 Å². The topological polar surface area (TPSA) is 64.5 Å². The van der Waals surface area contributed by atoms with Crippen molar-refractivity contribution in [1.29, 1.82) is 0 Å². The number of carbonyl (C=O) groups is 1. The van der Waals surface area contributed by atoms with Crippen LogP contribution in [0, 0.1) is 0 Å². The standard InChI is InChI=1S/C22H22BrN3O3S/c1-2-28-20-18(6-3-11-24-20)21(27)26(13-17-5-4-12-29-17)22-25-19(14-30-22)15-7-9-16(23)10-8-15/h3,6-11,14,17H,2,4-5,12-13H2,1H3/t17-/m0/s1. The predicted molar refractivity (Wildman–Crippen MR) is 121 cm³/mol. The fraction of sp³-hybridized carbons (Fsp3) is 0.318. The van der Waals surface area contributed by atoms with E-state index >= 15 is 0 Å². The highest BCUT2D eigenvalue weighted by molar-refractivity contribution is 9.10. The van der Waals surface area contributed by atoms with Crippen LogP contribution in [0.3, 0.4) is 0 Å². The van der Waals surface area contributed by atoms with Crippen LogP contribution in [0.4, 0.5) is 5.13 Å². The molecule has 0 aliphatic carbocycles. The third kappa shape index (κ3) is 4.71. The van der Waals surface area contributed by atoms with E-state index in [9.17, 15) is 4.79 Å². The molecule has 0 radical (unpaired) electrons. The number of amides is 1. The van der Waals surface area contributed by atoms with Gasteiger partial charge in [-0.25, -0.2) is 9.97 Å². The summed E-state index contributed by atoms with van der Waals surface area (Å²) in [5, 5.41) is 2.61. The summed E-state index contributed by atoms with van der Waals surface area (Å²) >= 11 is 4.91. The van der Waals surface area contributed by atoms with E-state index in [-0.39, 0.29) is 12.0 Å². The molecule has 1 saturated heterocycles. The minimum Gasteiger partial charge on any atom is -0.477 e. The molecular weight excluding hydrogens is 466 g/mol. The zero-order valence-electron chi connectivity index (χ0n) is 16.6. The molecule has 1 fully saturated rings. The Kier molecular flexibility index (Phi) is 6.76. The Morgan fingerprint density at radius 3 is 2.90 bits per heavy atom. The number of halogens is 1. The fourth-order valence-corrected chi connectivity index (χ4v) is 4.44. The van der Waals surface area contributed by atoms with E-state index in [0.717, 1.165) is 35.2 Å². The molecule has 0 spiro atoms. The van der Waals surface area contributed by atoms with Crippen molar-refractivity contribution in [1.82, 2.24) is 9.97 Å². The minimum absolute atomic E-state index is 0.00111. The van der Waals surface area contributed by atoms with E-state index in [1.54, 1.807) is 23.2 Å². The van der Waals surface area contributed by atoms with Gasteiger partial charge in [0.1, 0.15) is 5.56 Å². The number of hydrogen-bond acceptors (Lipinski definition) is 6. The quantitative estimate of drug-likeness (QED) is 0.458. The normalized spacial score (nSPS) is 15.9. The number of rotatable bonds is 7. The molecule has 6 nitrogen and oxygen atoms in total. The van der Waals surface area contributed by atoms with Crippen LogP contribution < -0.4 is 9.64 Å². The lowest BCUT2D eigenvalue weighted by Crippen LogP contribution is -2.37. The molecule has 1 aliphatic rings. The van der Waals surface area contributed by atoms with Crippen LogP contribution in [0.2, 0.25) is 0 Å². The van der Waals surface area contributed by atoms with Gasteiger partial charge in [-0.05, 0) is 44.0 Å². The lowest BCUT2D eigenvalue weighted by atomic mass is 10.2. The maximum absolute atomic E-state index is 13.5. The molecule has 1 aliphatic heterocycles. The number of nitrogens with zero attached hydrogens (tertiary/aromatic N) is 3. The van der Waals surface area contributed by atoms with Gasteiger partial charge in [-0.1, -0.05) is 28.1 Å². The van der Waals surface area contributed by atoms with Gasteiger partial charge in [0.25, 0.3) is 5.91 Å². The summed E-state index contributed by atoms with van der Waals surface area (Å²) in [6.07, 6.45) is 3.56. The summed E-state index contributed by atoms with van der Waals surface area (Å²) in [4.78, 5) is 24.2. The van der Waals surface area contributed by atoms with Crippen LogP contribution in [-0.2, 0) is 4.74 Å². The summed E-state index contributed by atoms with van der Waals surface area (Å²) in [7, 11) is 0. The van der Waals surface area contributed by atoms with Crippen LogP contribution in [0.25, 0.3) is 11.3 Å². The number of pyridine rings is 1. The first-order valence-electron chi connectivity index (χ1n) is 9.88. The van der Waals surface area contributed by atoms with Crippen LogP contribution in [0.5, 0.6) is 5.88 Å². The van der Waals surface area contributed by atoms with E-state index in [0.29, 0.717) is 29.7 Å². The highest BCUT2D eigenvalue weighted by Crippen LogP contribution is 2.31. The second-order valence-corrected chi connectivity index (χ2v) is 8.61. The molecule has 2 aromatic heterocycles. The molecule has 0 bridgehead atoms. The second-order valence-electron chi connectivity index (χ2n) is 6.86. The van der Waals surface area contributed by atoms with Gasteiger partial charge in [0, 0.05) is 28.2 Å². The Labute approximate surface area is 188 Å². The lowest BCUT2D eigenvalue weighted by Gasteiger charge is -2.23. The third-order valence-electron chi connectivity index (χ3n) is 4.80.